The summed E-state index contributed by atoms with van der Waals surface area (Å²) in [5.41, 5.74) is 1.39. The lowest BCUT2D eigenvalue weighted by molar-refractivity contribution is 1.12. The van der Waals surface area contributed by atoms with Crippen LogP contribution in [0.3, 0.4) is 0 Å². The fourth-order valence-corrected chi connectivity index (χ4v) is 2.31. The average Bonchev–Trinajstić information content (AvgIpc) is 2.31. The van der Waals surface area contributed by atoms with Gasteiger partial charge in [-0.05, 0) is 42.3 Å². The molecular formula is C14H13S. The Labute approximate surface area is 95.3 Å². The van der Waals surface area contributed by atoms with E-state index >= 15 is 0 Å². The Morgan fingerprint density at radius 1 is 1.07 bits per heavy atom. The monoisotopic (exact) mass is 213 g/mol. The quantitative estimate of drug-likeness (QED) is 0.736. The Morgan fingerprint density at radius 2 is 1.87 bits per heavy atom. The fraction of sp³-hybridized carbons (Fsp3) is 0.143. The molecule has 0 bridgehead atoms. The lowest BCUT2D eigenvalue weighted by atomic mass is 10.2. The molecule has 75 valence electrons. The molecular weight excluding hydrogens is 200 g/mol. The third-order valence-corrected chi connectivity index (χ3v) is 3.23. The molecule has 1 radical (unpaired) electrons. The molecule has 0 heterocycles. The molecule has 0 spiro atoms. The summed E-state index contributed by atoms with van der Waals surface area (Å²) in [6.45, 7) is 2.18. The van der Waals surface area contributed by atoms with Crippen molar-refractivity contribution in [1.82, 2.24) is 0 Å². The normalized spacial score (nSPS) is 10.2. The summed E-state index contributed by atoms with van der Waals surface area (Å²) in [5, 5.41) is 0. The SMILES string of the molecule is CCc1cccc(Sc2cc[c]cc2)c1. The summed E-state index contributed by atoms with van der Waals surface area (Å²) >= 11 is 1.80. The van der Waals surface area contributed by atoms with Crippen LogP contribution in [0.1, 0.15) is 12.5 Å². The second-order valence-electron chi connectivity index (χ2n) is 3.34. The smallest absolute Gasteiger partial charge is 0.0125 e. The zero-order chi connectivity index (χ0) is 10.5. The largest absolute Gasteiger partial charge is 0.0901 e. The van der Waals surface area contributed by atoms with E-state index in [1.807, 2.05) is 12.1 Å². The van der Waals surface area contributed by atoms with Crippen LogP contribution in [-0.4, -0.2) is 0 Å². The molecule has 0 atom stereocenters. The summed E-state index contributed by atoms with van der Waals surface area (Å²) in [6, 6.07) is 19.8. The van der Waals surface area contributed by atoms with Gasteiger partial charge in [0, 0.05) is 9.79 Å². The predicted molar refractivity (Wildman–Crippen MR) is 65.2 cm³/mol. The van der Waals surface area contributed by atoms with Gasteiger partial charge in [-0.2, -0.15) is 0 Å². The van der Waals surface area contributed by atoms with Gasteiger partial charge in [0.25, 0.3) is 0 Å². The maximum Gasteiger partial charge on any atom is 0.0125 e. The maximum atomic E-state index is 3.03. The van der Waals surface area contributed by atoms with Crippen molar-refractivity contribution in [3.05, 3.63) is 60.2 Å². The van der Waals surface area contributed by atoms with E-state index in [-0.39, 0.29) is 0 Å². The van der Waals surface area contributed by atoms with Crippen LogP contribution in [0.15, 0.2) is 58.3 Å². The van der Waals surface area contributed by atoms with Crippen LogP contribution in [-0.2, 0) is 6.42 Å². The van der Waals surface area contributed by atoms with Gasteiger partial charge in [-0.1, -0.05) is 43.0 Å². The topological polar surface area (TPSA) is 0 Å². The molecule has 2 aromatic carbocycles. The molecule has 0 aliphatic carbocycles. The molecule has 2 rings (SSSR count). The average molecular weight is 213 g/mol. The first kappa shape index (κ1) is 10.3. The van der Waals surface area contributed by atoms with E-state index in [2.05, 4.69) is 49.4 Å². The Bertz CT molecular complexity index is 420. The second kappa shape index (κ2) is 5.04. The Balaban J connectivity index is 2.17. The first-order valence-electron chi connectivity index (χ1n) is 5.11. The molecule has 0 aliphatic heterocycles. The van der Waals surface area contributed by atoms with Crippen LogP contribution in [0.5, 0.6) is 0 Å². The van der Waals surface area contributed by atoms with Gasteiger partial charge in [0.15, 0.2) is 0 Å². The van der Waals surface area contributed by atoms with Crippen LogP contribution in [0.2, 0.25) is 0 Å². The third kappa shape index (κ3) is 2.87. The van der Waals surface area contributed by atoms with Crippen LogP contribution >= 0.6 is 11.8 Å². The Kier molecular flexibility index (Phi) is 3.46. The molecule has 1 heteroatoms. The van der Waals surface area contributed by atoms with Crippen molar-refractivity contribution in [3.63, 3.8) is 0 Å². The molecule has 0 aliphatic rings. The van der Waals surface area contributed by atoms with E-state index in [0.29, 0.717) is 0 Å². The van der Waals surface area contributed by atoms with Gasteiger partial charge in [0.1, 0.15) is 0 Å². The number of benzene rings is 2. The van der Waals surface area contributed by atoms with Crippen LogP contribution in [0, 0.1) is 6.07 Å². The lowest BCUT2D eigenvalue weighted by Crippen LogP contribution is -1.80. The molecule has 0 saturated carbocycles. The summed E-state index contributed by atoms with van der Waals surface area (Å²) in [5.74, 6) is 0. The van der Waals surface area contributed by atoms with Crippen LogP contribution in [0.25, 0.3) is 0 Å². The van der Waals surface area contributed by atoms with Gasteiger partial charge in [-0.25, -0.2) is 0 Å². The molecule has 0 nitrogen and oxygen atoms in total. The van der Waals surface area contributed by atoms with Crippen LogP contribution in [0.4, 0.5) is 0 Å². The van der Waals surface area contributed by atoms with Gasteiger partial charge < -0.3 is 0 Å². The summed E-state index contributed by atoms with van der Waals surface area (Å²) in [7, 11) is 0. The fourth-order valence-electron chi connectivity index (χ4n) is 1.40. The number of aryl methyl sites for hydroxylation is 1. The maximum absolute atomic E-state index is 3.03. The van der Waals surface area contributed by atoms with Crippen molar-refractivity contribution in [2.45, 2.75) is 23.1 Å². The molecule has 0 N–H and O–H groups in total. The van der Waals surface area contributed by atoms with E-state index in [0.717, 1.165) is 6.42 Å². The van der Waals surface area contributed by atoms with Crippen molar-refractivity contribution in [2.75, 3.05) is 0 Å². The molecule has 0 unspecified atom stereocenters. The number of rotatable bonds is 3. The van der Waals surface area contributed by atoms with Crippen molar-refractivity contribution >= 4 is 11.8 Å². The molecule has 0 aromatic heterocycles. The zero-order valence-electron chi connectivity index (χ0n) is 8.73. The van der Waals surface area contributed by atoms with Crippen LogP contribution < -0.4 is 0 Å². The zero-order valence-corrected chi connectivity index (χ0v) is 9.55. The number of hydrogen-bond donors (Lipinski definition) is 0. The van der Waals surface area contributed by atoms with E-state index in [1.54, 1.807) is 11.8 Å². The summed E-state index contributed by atoms with van der Waals surface area (Å²) < 4.78 is 0. The minimum atomic E-state index is 1.09. The highest BCUT2D eigenvalue weighted by Crippen LogP contribution is 2.27. The summed E-state index contributed by atoms with van der Waals surface area (Å²) in [6.07, 6.45) is 1.09. The van der Waals surface area contributed by atoms with Crippen molar-refractivity contribution in [3.8, 4) is 0 Å². The highest BCUT2D eigenvalue weighted by molar-refractivity contribution is 7.99. The first-order valence-corrected chi connectivity index (χ1v) is 5.93. The highest BCUT2D eigenvalue weighted by atomic mass is 32.2. The molecule has 0 fully saturated rings. The van der Waals surface area contributed by atoms with E-state index < -0.39 is 0 Å². The standard InChI is InChI=1S/C14H13S/c1-2-12-7-6-10-14(11-12)15-13-8-4-3-5-9-13/h4-11H,2H2,1H3. The molecule has 0 amide bonds. The molecule has 15 heavy (non-hydrogen) atoms. The van der Waals surface area contributed by atoms with Gasteiger partial charge in [0.05, 0.1) is 0 Å². The summed E-state index contributed by atoms with van der Waals surface area (Å²) in [4.78, 5) is 2.57. The minimum absolute atomic E-state index is 1.09. The van der Waals surface area contributed by atoms with Crippen molar-refractivity contribution in [2.24, 2.45) is 0 Å². The Hall–Kier alpha value is -1.21. The van der Waals surface area contributed by atoms with Crippen molar-refractivity contribution < 1.29 is 0 Å². The van der Waals surface area contributed by atoms with E-state index in [1.165, 1.54) is 15.4 Å². The van der Waals surface area contributed by atoms with E-state index in [9.17, 15) is 0 Å². The first-order chi connectivity index (χ1) is 7.38. The molecule has 2 aromatic rings. The van der Waals surface area contributed by atoms with Gasteiger partial charge in [-0.15, -0.1) is 0 Å². The minimum Gasteiger partial charge on any atom is -0.0901 e. The third-order valence-electron chi connectivity index (χ3n) is 2.23. The Morgan fingerprint density at radius 3 is 2.60 bits per heavy atom. The second-order valence-corrected chi connectivity index (χ2v) is 4.49. The van der Waals surface area contributed by atoms with Crippen molar-refractivity contribution in [1.29, 1.82) is 0 Å². The molecule has 0 saturated heterocycles. The number of hydrogen-bond acceptors (Lipinski definition) is 1. The van der Waals surface area contributed by atoms with Gasteiger partial charge in [-0.3, -0.25) is 0 Å². The van der Waals surface area contributed by atoms with Gasteiger partial charge >= 0.3 is 0 Å². The highest BCUT2D eigenvalue weighted by Gasteiger charge is 1.97. The van der Waals surface area contributed by atoms with Gasteiger partial charge in [0.2, 0.25) is 0 Å². The predicted octanol–water partition coefficient (Wildman–Crippen LogP) is 4.20. The van der Waals surface area contributed by atoms with E-state index in [4.69, 9.17) is 0 Å². The lowest BCUT2D eigenvalue weighted by Gasteiger charge is -2.03.